The lowest BCUT2D eigenvalue weighted by Crippen LogP contribution is -2.34. The molecule has 0 radical (unpaired) electrons. The van der Waals surface area contributed by atoms with E-state index in [0.29, 0.717) is 12.1 Å². The van der Waals surface area contributed by atoms with Crippen molar-refractivity contribution in [1.29, 1.82) is 0 Å². The minimum absolute atomic E-state index is 0.0722. The van der Waals surface area contributed by atoms with Gasteiger partial charge in [-0.15, -0.1) is 0 Å². The Kier molecular flexibility index (Phi) is 4.42. The molecule has 1 aromatic rings. The smallest absolute Gasteiger partial charge is 0.265 e. The van der Waals surface area contributed by atoms with Crippen LogP contribution in [-0.2, 0) is 14.4 Å². The summed E-state index contributed by atoms with van der Waals surface area (Å²) in [6.45, 7) is 0. The van der Waals surface area contributed by atoms with Crippen LogP contribution in [-0.4, -0.2) is 54.2 Å². The summed E-state index contributed by atoms with van der Waals surface area (Å²) in [5.41, 5.74) is 0.546. The van der Waals surface area contributed by atoms with Gasteiger partial charge in [-0.3, -0.25) is 19.3 Å². The summed E-state index contributed by atoms with van der Waals surface area (Å²) in [7, 11) is 4.39. The van der Waals surface area contributed by atoms with Gasteiger partial charge in [0.1, 0.15) is 5.57 Å². The van der Waals surface area contributed by atoms with Crippen LogP contribution in [0.5, 0.6) is 0 Å². The first-order chi connectivity index (χ1) is 8.47. The predicted molar refractivity (Wildman–Crippen MR) is 66.3 cm³/mol. The van der Waals surface area contributed by atoms with Crippen molar-refractivity contribution in [3.05, 3.63) is 29.6 Å². The first-order valence-electron chi connectivity index (χ1n) is 5.26. The van der Waals surface area contributed by atoms with Gasteiger partial charge in [-0.05, 0) is 18.2 Å². The molecule has 3 amide bonds. The Morgan fingerprint density at radius 3 is 2.33 bits per heavy atom. The van der Waals surface area contributed by atoms with Gasteiger partial charge < -0.3 is 9.88 Å². The Morgan fingerprint density at radius 2 is 1.89 bits per heavy atom. The van der Waals surface area contributed by atoms with E-state index in [0.717, 1.165) is 4.90 Å². The Balaban J connectivity index is 3.14. The summed E-state index contributed by atoms with van der Waals surface area (Å²) in [6.07, 6.45) is 3.47. The number of rotatable bonds is 4. The van der Waals surface area contributed by atoms with E-state index < -0.39 is 11.8 Å². The molecule has 0 aliphatic rings. The lowest BCUT2D eigenvalue weighted by Gasteiger charge is -2.15. The second kappa shape index (κ2) is 5.81. The number of carbonyl (C=O) groups excluding carboxylic acids is 3. The average molecular weight is 249 g/mol. The van der Waals surface area contributed by atoms with Crippen LogP contribution in [0, 0.1) is 0 Å². The van der Waals surface area contributed by atoms with Crippen molar-refractivity contribution in [1.82, 2.24) is 14.8 Å². The molecule has 0 spiro atoms. The van der Waals surface area contributed by atoms with Gasteiger partial charge >= 0.3 is 0 Å². The van der Waals surface area contributed by atoms with Crippen molar-refractivity contribution >= 4 is 24.3 Å². The minimum atomic E-state index is -0.640. The summed E-state index contributed by atoms with van der Waals surface area (Å²) in [4.78, 5) is 39.4. The van der Waals surface area contributed by atoms with Crippen LogP contribution in [0.3, 0.4) is 0 Å². The van der Waals surface area contributed by atoms with E-state index in [-0.39, 0.29) is 5.57 Å². The summed E-state index contributed by atoms with van der Waals surface area (Å²) < 4.78 is 0. The van der Waals surface area contributed by atoms with Crippen LogP contribution in [0.1, 0.15) is 5.69 Å². The van der Waals surface area contributed by atoms with Gasteiger partial charge in [0.15, 0.2) is 0 Å². The standard InChI is InChI=1S/C12H15N3O3/c1-14(2)11(17)10(12(18)15(3)8-16)7-9-5-4-6-13-9/h4-8,13H,1-3H3/b10-7+. The lowest BCUT2D eigenvalue weighted by molar-refractivity contribution is -0.136. The number of nitrogens with zero attached hydrogens (tertiary/aromatic N) is 2. The fourth-order valence-corrected chi connectivity index (χ4v) is 1.28. The third kappa shape index (κ3) is 3.07. The van der Waals surface area contributed by atoms with Crippen molar-refractivity contribution in [2.75, 3.05) is 21.1 Å². The number of amides is 3. The molecule has 96 valence electrons. The van der Waals surface area contributed by atoms with Crippen LogP contribution < -0.4 is 0 Å². The van der Waals surface area contributed by atoms with Crippen LogP contribution in [0.15, 0.2) is 23.9 Å². The Labute approximate surface area is 105 Å². The van der Waals surface area contributed by atoms with Crippen LogP contribution in [0.4, 0.5) is 0 Å². The molecule has 0 atom stereocenters. The van der Waals surface area contributed by atoms with Crippen molar-refractivity contribution in [3.8, 4) is 0 Å². The van der Waals surface area contributed by atoms with Crippen LogP contribution >= 0.6 is 0 Å². The van der Waals surface area contributed by atoms with E-state index in [2.05, 4.69) is 4.98 Å². The minimum Gasteiger partial charge on any atom is -0.362 e. The first kappa shape index (κ1) is 13.7. The number of likely N-dealkylation sites (N-methyl/N-ethyl adjacent to an activating group) is 2. The number of carbonyl (C=O) groups is 3. The Bertz CT molecular complexity index is 475. The number of hydrogen-bond acceptors (Lipinski definition) is 3. The van der Waals surface area contributed by atoms with Crippen molar-refractivity contribution in [3.63, 3.8) is 0 Å². The second-order valence-corrected chi connectivity index (χ2v) is 3.90. The molecule has 0 fully saturated rings. The molecule has 0 aliphatic heterocycles. The lowest BCUT2D eigenvalue weighted by atomic mass is 10.1. The van der Waals surface area contributed by atoms with Gasteiger partial charge in [0.2, 0.25) is 6.41 Å². The normalized spacial score (nSPS) is 10.9. The van der Waals surface area contributed by atoms with Gasteiger partial charge in [-0.25, -0.2) is 0 Å². The summed E-state index contributed by atoms with van der Waals surface area (Å²) in [6, 6.07) is 3.47. The number of imide groups is 1. The molecule has 0 unspecified atom stereocenters. The van der Waals surface area contributed by atoms with E-state index in [4.69, 9.17) is 0 Å². The largest absolute Gasteiger partial charge is 0.362 e. The fourth-order valence-electron chi connectivity index (χ4n) is 1.28. The molecule has 0 saturated carbocycles. The van der Waals surface area contributed by atoms with Gasteiger partial charge in [-0.2, -0.15) is 0 Å². The Hall–Kier alpha value is -2.37. The molecular weight excluding hydrogens is 234 g/mol. The maximum atomic E-state index is 11.9. The molecule has 0 aliphatic carbocycles. The highest BCUT2D eigenvalue weighted by molar-refractivity contribution is 6.22. The van der Waals surface area contributed by atoms with E-state index in [9.17, 15) is 14.4 Å². The summed E-state index contributed by atoms with van der Waals surface area (Å²) in [5, 5.41) is 0. The molecule has 6 heteroatoms. The van der Waals surface area contributed by atoms with Gasteiger partial charge in [-0.1, -0.05) is 0 Å². The number of hydrogen-bond donors (Lipinski definition) is 1. The first-order valence-corrected chi connectivity index (χ1v) is 5.26. The van der Waals surface area contributed by atoms with Crippen LogP contribution in [0.2, 0.25) is 0 Å². The highest BCUT2D eigenvalue weighted by Crippen LogP contribution is 2.09. The van der Waals surface area contributed by atoms with Gasteiger partial charge in [0.05, 0.1) is 0 Å². The van der Waals surface area contributed by atoms with E-state index in [1.165, 1.54) is 18.0 Å². The zero-order valence-electron chi connectivity index (χ0n) is 10.5. The van der Waals surface area contributed by atoms with E-state index in [1.807, 2.05) is 0 Å². The summed E-state index contributed by atoms with van der Waals surface area (Å²) >= 11 is 0. The molecule has 0 aromatic carbocycles. The number of aromatic nitrogens is 1. The molecular formula is C12H15N3O3. The van der Waals surface area contributed by atoms with Crippen molar-refractivity contribution in [2.45, 2.75) is 0 Å². The Morgan fingerprint density at radius 1 is 1.22 bits per heavy atom. The summed E-state index contributed by atoms with van der Waals surface area (Å²) in [5.74, 6) is -1.10. The molecule has 1 heterocycles. The topological polar surface area (TPSA) is 73.5 Å². The highest BCUT2D eigenvalue weighted by Gasteiger charge is 2.23. The maximum absolute atomic E-state index is 11.9. The second-order valence-electron chi connectivity index (χ2n) is 3.90. The molecule has 0 bridgehead atoms. The third-order valence-corrected chi connectivity index (χ3v) is 2.27. The van der Waals surface area contributed by atoms with Gasteiger partial charge in [0.25, 0.3) is 11.8 Å². The highest BCUT2D eigenvalue weighted by atomic mass is 16.2. The zero-order valence-corrected chi connectivity index (χ0v) is 10.5. The zero-order chi connectivity index (χ0) is 13.7. The third-order valence-electron chi connectivity index (χ3n) is 2.27. The molecule has 0 saturated heterocycles. The molecule has 1 rings (SSSR count). The quantitative estimate of drug-likeness (QED) is 0.356. The van der Waals surface area contributed by atoms with Gasteiger partial charge in [0, 0.05) is 33.0 Å². The number of aromatic amines is 1. The van der Waals surface area contributed by atoms with Crippen molar-refractivity contribution in [2.24, 2.45) is 0 Å². The average Bonchev–Trinajstić information content (AvgIpc) is 2.86. The number of H-pyrrole nitrogens is 1. The fraction of sp³-hybridized carbons (Fsp3) is 0.250. The number of nitrogens with one attached hydrogen (secondary N) is 1. The predicted octanol–water partition coefficient (Wildman–Crippen LogP) is 0.101. The van der Waals surface area contributed by atoms with E-state index >= 15 is 0 Å². The molecule has 1 N–H and O–H groups in total. The van der Waals surface area contributed by atoms with Crippen molar-refractivity contribution < 1.29 is 14.4 Å². The molecule has 18 heavy (non-hydrogen) atoms. The van der Waals surface area contributed by atoms with Crippen LogP contribution in [0.25, 0.3) is 6.08 Å². The maximum Gasteiger partial charge on any atom is 0.265 e. The molecule has 1 aromatic heterocycles. The monoisotopic (exact) mass is 249 g/mol. The molecule has 6 nitrogen and oxygen atoms in total. The SMILES string of the molecule is CN(C)C(=O)/C(=C\c1ccc[nH]1)C(=O)N(C)C=O. The van der Waals surface area contributed by atoms with E-state index in [1.54, 1.807) is 32.4 Å².